The zero-order valence-electron chi connectivity index (χ0n) is 10.1. The molecule has 1 fully saturated rings. The van der Waals surface area contributed by atoms with E-state index in [-0.39, 0.29) is 0 Å². The predicted molar refractivity (Wildman–Crippen MR) is 68.9 cm³/mol. The van der Waals surface area contributed by atoms with Crippen LogP contribution in [0, 0.1) is 0 Å². The Morgan fingerprint density at radius 2 is 2.50 bits per heavy atom. The van der Waals surface area contributed by atoms with Gasteiger partial charge in [0.2, 0.25) is 0 Å². The number of aromatic nitrogens is 1. The van der Waals surface area contributed by atoms with Gasteiger partial charge in [0.15, 0.2) is 0 Å². The highest BCUT2D eigenvalue weighted by Gasteiger charge is 2.22. The SMILES string of the molecule is CC(CN)c1csc(CC2CCCN2C)n1. The minimum absolute atomic E-state index is 0.395. The van der Waals surface area contributed by atoms with Gasteiger partial charge in [-0.05, 0) is 26.4 Å². The first-order chi connectivity index (χ1) is 7.70. The van der Waals surface area contributed by atoms with E-state index in [2.05, 4.69) is 24.3 Å². The van der Waals surface area contributed by atoms with Crippen LogP contribution in [-0.4, -0.2) is 36.1 Å². The fraction of sp³-hybridized carbons (Fsp3) is 0.750. The van der Waals surface area contributed by atoms with Crippen molar-refractivity contribution in [2.24, 2.45) is 5.73 Å². The Bertz CT molecular complexity index is 337. The van der Waals surface area contributed by atoms with Crippen molar-refractivity contribution < 1.29 is 0 Å². The average Bonchev–Trinajstić information content (AvgIpc) is 2.89. The molecule has 1 saturated heterocycles. The Hall–Kier alpha value is -0.450. The fourth-order valence-corrected chi connectivity index (χ4v) is 3.19. The van der Waals surface area contributed by atoms with Crippen molar-refractivity contribution >= 4 is 11.3 Å². The Kier molecular flexibility index (Phi) is 3.95. The van der Waals surface area contributed by atoms with Gasteiger partial charge >= 0.3 is 0 Å². The molecule has 2 atom stereocenters. The number of rotatable bonds is 4. The number of likely N-dealkylation sites (tertiary alicyclic amines) is 1. The molecule has 0 amide bonds. The molecule has 0 radical (unpaired) electrons. The van der Waals surface area contributed by atoms with Gasteiger partial charge in [0.05, 0.1) is 10.7 Å². The number of thiazole rings is 1. The third-order valence-electron chi connectivity index (χ3n) is 3.51. The van der Waals surface area contributed by atoms with Gasteiger partial charge < -0.3 is 10.6 Å². The van der Waals surface area contributed by atoms with Crippen molar-refractivity contribution in [2.45, 2.75) is 38.1 Å². The van der Waals surface area contributed by atoms with Gasteiger partial charge in [0, 0.05) is 30.3 Å². The Morgan fingerprint density at radius 1 is 1.69 bits per heavy atom. The van der Waals surface area contributed by atoms with Gasteiger partial charge in [-0.3, -0.25) is 0 Å². The maximum atomic E-state index is 5.66. The van der Waals surface area contributed by atoms with Crippen LogP contribution in [0.25, 0.3) is 0 Å². The molecule has 16 heavy (non-hydrogen) atoms. The minimum Gasteiger partial charge on any atom is -0.330 e. The highest BCUT2D eigenvalue weighted by atomic mass is 32.1. The van der Waals surface area contributed by atoms with Gasteiger partial charge in [-0.1, -0.05) is 6.92 Å². The van der Waals surface area contributed by atoms with E-state index in [4.69, 9.17) is 10.7 Å². The molecule has 1 aromatic heterocycles. The van der Waals surface area contributed by atoms with Crippen LogP contribution in [0.15, 0.2) is 5.38 Å². The lowest BCUT2D eigenvalue weighted by Gasteiger charge is -2.17. The summed E-state index contributed by atoms with van der Waals surface area (Å²) in [6.45, 7) is 4.06. The lowest BCUT2D eigenvalue weighted by atomic mass is 10.1. The van der Waals surface area contributed by atoms with E-state index >= 15 is 0 Å². The van der Waals surface area contributed by atoms with Crippen LogP contribution in [-0.2, 0) is 6.42 Å². The highest BCUT2D eigenvalue weighted by molar-refractivity contribution is 7.09. The van der Waals surface area contributed by atoms with Crippen LogP contribution in [0.2, 0.25) is 0 Å². The molecular formula is C12H21N3S. The summed E-state index contributed by atoms with van der Waals surface area (Å²) >= 11 is 1.79. The summed E-state index contributed by atoms with van der Waals surface area (Å²) in [5, 5.41) is 3.44. The van der Waals surface area contributed by atoms with E-state index in [0.717, 1.165) is 6.42 Å². The monoisotopic (exact) mass is 239 g/mol. The second kappa shape index (κ2) is 5.25. The number of likely N-dealkylation sites (N-methyl/N-ethyl adjacent to an activating group) is 1. The molecular weight excluding hydrogens is 218 g/mol. The zero-order valence-corrected chi connectivity index (χ0v) is 11.0. The summed E-state index contributed by atoms with van der Waals surface area (Å²) in [5.41, 5.74) is 6.82. The first-order valence-electron chi connectivity index (χ1n) is 6.05. The predicted octanol–water partition coefficient (Wildman–Crippen LogP) is 1.84. The van der Waals surface area contributed by atoms with Gasteiger partial charge in [-0.25, -0.2) is 4.98 Å². The molecule has 0 aromatic carbocycles. The molecule has 0 bridgehead atoms. The number of hydrogen-bond acceptors (Lipinski definition) is 4. The quantitative estimate of drug-likeness (QED) is 0.872. The summed E-state index contributed by atoms with van der Waals surface area (Å²) < 4.78 is 0. The third-order valence-corrected chi connectivity index (χ3v) is 4.40. The zero-order chi connectivity index (χ0) is 11.5. The lowest BCUT2D eigenvalue weighted by molar-refractivity contribution is 0.309. The molecule has 4 heteroatoms. The van der Waals surface area contributed by atoms with E-state index in [1.807, 2.05) is 0 Å². The molecule has 1 aliphatic rings. The summed E-state index contributed by atoms with van der Waals surface area (Å²) in [4.78, 5) is 7.14. The van der Waals surface area contributed by atoms with Gasteiger partial charge in [0.1, 0.15) is 0 Å². The van der Waals surface area contributed by atoms with Crippen LogP contribution in [0.1, 0.15) is 36.4 Å². The average molecular weight is 239 g/mol. The number of nitrogens with two attached hydrogens (primary N) is 1. The molecule has 2 rings (SSSR count). The molecule has 1 aromatic rings. The van der Waals surface area contributed by atoms with Gasteiger partial charge in [0.25, 0.3) is 0 Å². The molecule has 2 unspecified atom stereocenters. The lowest BCUT2D eigenvalue weighted by Crippen LogP contribution is -2.26. The van der Waals surface area contributed by atoms with Crippen molar-refractivity contribution in [3.05, 3.63) is 16.1 Å². The van der Waals surface area contributed by atoms with Gasteiger partial charge in [-0.2, -0.15) is 0 Å². The third kappa shape index (κ3) is 2.62. The van der Waals surface area contributed by atoms with Crippen molar-refractivity contribution in [1.82, 2.24) is 9.88 Å². The van der Waals surface area contributed by atoms with Crippen LogP contribution in [0.3, 0.4) is 0 Å². The molecule has 3 nitrogen and oxygen atoms in total. The summed E-state index contributed by atoms with van der Waals surface area (Å²) in [5.74, 6) is 0.395. The molecule has 0 spiro atoms. The van der Waals surface area contributed by atoms with Crippen molar-refractivity contribution in [2.75, 3.05) is 20.1 Å². The molecule has 1 aliphatic heterocycles. The first kappa shape index (κ1) is 12.0. The molecule has 0 saturated carbocycles. The first-order valence-corrected chi connectivity index (χ1v) is 6.93. The standard InChI is InChI=1S/C12H21N3S/c1-9(7-13)11-8-16-12(14-11)6-10-4-3-5-15(10)2/h8-10H,3-7,13H2,1-2H3. The van der Waals surface area contributed by atoms with Crippen molar-refractivity contribution in [3.8, 4) is 0 Å². The van der Waals surface area contributed by atoms with Crippen LogP contribution >= 0.6 is 11.3 Å². The van der Waals surface area contributed by atoms with Gasteiger partial charge in [-0.15, -0.1) is 11.3 Å². The van der Waals surface area contributed by atoms with Crippen molar-refractivity contribution in [3.63, 3.8) is 0 Å². The van der Waals surface area contributed by atoms with E-state index in [9.17, 15) is 0 Å². The fourth-order valence-electron chi connectivity index (χ4n) is 2.20. The van der Waals surface area contributed by atoms with E-state index < -0.39 is 0 Å². The Labute approximate surface area is 102 Å². The van der Waals surface area contributed by atoms with Crippen molar-refractivity contribution in [1.29, 1.82) is 0 Å². The van der Waals surface area contributed by atoms with E-state index in [1.54, 1.807) is 11.3 Å². The van der Waals surface area contributed by atoms with Crippen LogP contribution in [0.4, 0.5) is 0 Å². The van der Waals surface area contributed by atoms with E-state index in [1.165, 1.54) is 30.1 Å². The summed E-state index contributed by atoms with van der Waals surface area (Å²) in [7, 11) is 2.22. The molecule has 2 N–H and O–H groups in total. The second-order valence-electron chi connectivity index (χ2n) is 4.78. The summed E-state index contributed by atoms with van der Waals surface area (Å²) in [6, 6.07) is 0.701. The largest absolute Gasteiger partial charge is 0.330 e. The number of nitrogens with zero attached hydrogens (tertiary/aromatic N) is 2. The maximum Gasteiger partial charge on any atom is 0.0943 e. The minimum atomic E-state index is 0.395. The maximum absolute atomic E-state index is 5.66. The molecule has 2 heterocycles. The van der Waals surface area contributed by atoms with Crippen LogP contribution < -0.4 is 5.73 Å². The molecule has 90 valence electrons. The highest BCUT2D eigenvalue weighted by Crippen LogP contribution is 2.23. The topological polar surface area (TPSA) is 42.1 Å². The molecule has 0 aliphatic carbocycles. The smallest absolute Gasteiger partial charge is 0.0943 e. The second-order valence-corrected chi connectivity index (χ2v) is 5.73. The Balaban J connectivity index is 1.97. The normalized spacial score (nSPS) is 23.8. The Morgan fingerprint density at radius 3 is 3.12 bits per heavy atom. The van der Waals surface area contributed by atoms with Crippen LogP contribution in [0.5, 0.6) is 0 Å². The summed E-state index contributed by atoms with van der Waals surface area (Å²) in [6.07, 6.45) is 3.76. The number of hydrogen-bond donors (Lipinski definition) is 1. The van der Waals surface area contributed by atoms with E-state index in [0.29, 0.717) is 18.5 Å².